The topological polar surface area (TPSA) is 78.5 Å². The van der Waals surface area contributed by atoms with Crippen LogP contribution in [-0.4, -0.2) is 51.7 Å². The number of aromatic amines is 1. The third-order valence-corrected chi connectivity index (χ3v) is 4.45. The monoisotopic (exact) mass is 358 g/mol. The molecule has 3 rings (SSSR count). The van der Waals surface area contributed by atoms with E-state index in [2.05, 4.69) is 14.9 Å². The number of nitrogens with zero attached hydrogens (tertiary/aromatic N) is 3. The quantitative estimate of drug-likeness (QED) is 0.848. The van der Waals surface area contributed by atoms with E-state index in [1.165, 1.54) is 6.07 Å². The van der Waals surface area contributed by atoms with Crippen LogP contribution in [0.5, 0.6) is 0 Å². The summed E-state index contributed by atoms with van der Waals surface area (Å²) < 4.78 is 5.55. The summed E-state index contributed by atoms with van der Waals surface area (Å²) in [6.45, 7) is 11.1. The predicted octanol–water partition coefficient (Wildman–Crippen LogP) is 2.76. The van der Waals surface area contributed by atoms with E-state index in [1.54, 1.807) is 12.3 Å². The highest BCUT2D eigenvalue weighted by Gasteiger charge is 2.35. The minimum absolute atomic E-state index is 0.0138. The number of ether oxygens (including phenoxy) is 1. The Hall–Kier alpha value is -2.57. The maximum atomic E-state index is 12.5. The largest absolute Gasteiger partial charge is 0.444 e. The summed E-state index contributed by atoms with van der Waals surface area (Å²) in [6.07, 6.45) is 1.49. The molecule has 1 N–H and O–H groups in total. The van der Waals surface area contributed by atoms with Crippen LogP contribution < -0.4 is 10.5 Å². The Balaban J connectivity index is 1.79. The highest BCUT2D eigenvalue weighted by molar-refractivity contribution is 5.78. The number of nitrogens with one attached hydrogen (secondary N) is 1. The van der Waals surface area contributed by atoms with Crippen molar-refractivity contribution in [2.45, 2.75) is 52.3 Å². The van der Waals surface area contributed by atoms with E-state index in [-0.39, 0.29) is 23.7 Å². The minimum atomic E-state index is -0.507. The molecule has 1 aliphatic rings. The zero-order valence-corrected chi connectivity index (χ0v) is 15.9. The first-order valence-corrected chi connectivity index (χ1v) is 8.89. The Bertz CT molecular complexity index is 859. The van der Waals surface area contributed by atoms with E-state index in [4.69, 9.17) is 4.74 Å². The number of piperazine rings is 1. The van der Waals surface area contributed by atoms with E-state index in [0.717, 1.165) is 11.1 Å². The van der Waals surface area contributed by atoms with Crippen molar-refractivity contribution in [3.63, 3.8) is 0 Å². The fraction of sp³-hybridized carbons (Fsp3) is 0.526. The lowest BCUT2D eigenvalue weighted by atomic mass is 10.1. The number of hydrogen-bond donors (Lipinski definition) is 1. The van der Waals surface area contributed by atoms with Gasteiger partial charge in [-0.05, 0) is 46.8 Å². The molecule has 1 fully saturated rings. The van der Waals surface area contributed by atoms with Crippen molar-refractivity contribution in [3.05, 3.63) is 34.7 Å². The van der Waals surface area contributed by atoms with Crippen LogP contribution in [0.15, 0.2) is 29.2 Å². The fourth-order valence-corrected chi connectivity index (χ4v) is 3.41. The highest BCUT2D eigenvalue weighted by atomic mass is 16.6. The van der Waals surface area contributed by atoms with Crippen LogP contribution in [0.4, 0.5) is 10.5 Å². The summed E-state index contributed by atoms with van der Waals surface area (Å²) in [5.74, 6) is 0. The molecule has 0 aromatic carbocycles. The Labute approximate surface area is 153 Å². The van der Waals surface area contributed by atoms with Gasteiger partial charge in [-0.1, -0.05) is 0 Å². The van der Waals surface area contributed by atoms with Crippen molar-refractivity contribution < 1.29 is 9.53 Å². The van der Waals surface area contributed by atoms with Gasteiger partial charge in [0.1, 0.15) is 11.2 Å². The standard InChI is InChI=1S/C19H26N4O3/c1-12-10-22(11-13(2)23(12)18(25)26-19(3,4)5)15-8-14-6-7-16(24)21-17(14)20-9-15/h6-9,12-13H,10-11H2,1-5H3,(H,20,21,24)/t12-,13+. The van der Waals surface area contributed by atoms with Gasteiger partial charge in [-0.2, -0.15) is 0 Å². The molecular weight excluding hydrogens is 332 g/mol. The molecule has 0 bridgehead atoms. The maximum Gasteiger partial charge on any atom is 0.410 e. The molecule has 3 heterocycles. The lowest BCUT2D eigenvalue weighted by Gasteiger charge is -2.45. The molecule has 0 radical (unpaired) electrons. The normalized spacial score (nSPS) is 21.1. The number of carbonyl (C=O) groups is 1. The van der Waals surface area contributed by atoms with Gasteiger partial charge in [-0.25, -0.2) is 9.78 Å². The van der Waals surface area contributed by atoms with E-state index < -0.39 is 5.60 Å². The van der Waals surface area contributed by atoms with Crippen LogP contribution >= 0.6 is 0 Å². The number of carbonyl (C=O) groups excluding carboxylic acids is 1. The molecule has 26 heavy (non-hydrogen) atoms. The second kappa shape index (κ2) is 6.63. The zero-order chi connectivity index (χ0) is 19.1. The Morgan fingerprint density at radius 1 is 1.23 bits per heavy atom. The molecule has 140 valence electrons. The molecule has 7 heteroatoms. The molecule has 0 unspecified atom stereocenters. The molecule has 2 aromatic rings. The second-order valence-electron chi connectivity index (χ2n) is 7.94. The van der Waals surface area contributed by atoms with Gasteiger partial charge in [0.05, 0.1) is 24.0 Å². The van der Waals surface area contributed by atoms with Crippen LogP contribution in [0.2, 0.25) is 0 Å². The summed E-state index contributed by atoms with van der Waals surface area (Å²) in [5, 5.41) is 0.886. The number of pyridine rings is 2. The van der Waals surface area contributed by atoms with Gasteiger partial charge in [0.25, 0.3) is 0 Å². The van der Waals surface area contributed by atoms with Gasteiger partial charge < -0.3 is 14.6 Å². The number of aromatic nitrogens is 2. The van der Waals surface area contributed by atoms with Gasteiger partial charge in [-0.3, -0.25) is 9.69 Å². The third kappa shape index (κ3) is 3.81. The van der Waals surface area contributed by atoms with Crippen LogP contribution in [0.25, 0.3) is 11.0 Å². The second-order valence-corrected chi connectivity index (χ2v) is 7.94. The van der Waals surface area contributed by atoms with Crippen LogP contribution in [0.1, 0.15) is 34.6 Å². The first-order valence-electron chi connectivity index (χ1n) is 8.89. The zero-order valence-electron chi connectivity index (χ0n) is 15.9. The van der Waals surface area contributed by atoms with Gasteiger partial charge in [0, 0.05) is 24.5 Å². The molecule has 0 spiro atoms. The summed E-state index contributed by atoms with van der Waals surface area (Å²) in [6, 6.07) is 5.31. The lowest BCUT2D eigenvalue weighted by Crippen LogP contribution is -2.59. The van der Waals surface area contributed by atoms with Crippen LogP contribution in [-0.2, 0) is 4.74 Å². The van der Waals surface area contributed by atoms with Gasteiger partial charge in [-0.15, -0.1) is 0 Å². The van der Waals surface area contributed by atoms with Crippen molar-refractivity contribution in [1.82, 2.24) is 14.9 Å². The maximum absolute atomic E-state index is 12.5. The van der Waals surface area contributed by atoms with Gasteiger partial charge in [0.15, 0.2) is 0 Å². The summed E-state index contributed by atoms with van der Waals surface area (Å²) in [4.78, 5) is 35.0. The van der Waals surface area contributed by atoms with E-state index >= 15 is 0 Å². The molecule has 7 nitrogen and oxygen atoms in total. The molecule has 2 atom stereocenters. The lowest BCUT2D eigenvalue weighted by molar-refractivity contribution is 0.00566. The Morgan fingerprint density at radius 2 is 1.88 bits per heavy atom. The number of amides is 1. The van der Waals surface area contributed by atoms with Crippen molar-refractivity contribution >= 4 is 22.8 Å². The average molecular weight is 358 g/mol. The molecule has 1 saturated heterocycles. The SMILES string of the molecule is C[C@@H]1CN(c2cnc3[nH]c(=O)ccc3c2)C[C@H](C)N1C(=O)OC(C)(C)C. The summed E-state index contributed by atoms with van der Waals surface area (Å²) in [5.41, 5.74) is 0.889. The van der Waals surface area contributed by atoms with Crippen molar-refractivity contribution in [2.24, 2.45) is 0 Å². The smallest absolute Gasteiger partial charge is 0.410 e. The molecule has 1 aliphatic heterocycles. The van der Waals surface area contributed by atoms with E-state index in [1.807, 2.05) is 45.6 Å². The number of hydrogen-bond acceptors (Lipinski definition) is 5. The van der Waals surface area contributed by atoms with Gasteiger partial charge >= 0.3 is 6.09 Å². The first kappa shape index (κ1) is 18.2. The molecule has 2 aromatic heterocycles. The minimum Gasteiger partial charge on any atom is -0.444 e. The summed E-state index contributed by atoms with van der Waals surface area (Å²) in [7, 11) is 0. The van der Waals surface area contributed by atoms with E-state index in [9.17, 15) is 9.59 Å². The summed E-state index contributed by atoms with van der Waals surface area (Å²) >= 11 is 0. The van der Waals surface area contributed by atoms with Crippen molar-refractivity contribution in [1.29, 1.82) is 0 Å². The molecule has 0 aliphatic carbocycles. The number of anilines is 1. The number of fused-ring (bicyclic) bond motifs is 1. The number of H-pyrrole nitrogens is 1. The highest BCUT2D eigenvalue weighted by Crippen LogP contribution is 2.25. The fourth-order valence-electron chi connectivity index (χ4n) is 3.41. The van der Waals surface area contributed by atoms with E-state index in [0.29, 0.717) is 18.7 Å². The number of rotatable bonds is 1. The van der Waals surface area contributed by atoms with Crippen molar-refractivity contribution in [2.75, 3.05) is 18.0 Å². The molecular formula is C19H26N4O3. The Kier molecular flexibility index (Phi) is 4.64. The average Bonchev–Trinajstić information content (AvgIpc) is 2.51. The molecule has 0 saturated carbocycles. The third-order valence-electron chi connectivity index (χ3n) is 4.45. The predicted molar refractivity (Wildman–Crippen MR) is 102 cm³/mol. The Morgan fingerprint density at radius 3 is 2.50 bits per heavy atom. The molecule has 1 amide bonds. The first-order chi connectivity index (χ1) is 12.1. The van der Waals surface area contributed by atoms with Crippen LogP contribution in [0.3, 0.4) is 0 Å². The van der Waals surface area contributed by atoms with Gasteiger partial charge in [0.2, 0.25) is 5.56 Å². The van der Waals surface area contributed by atoms with Crippen molar-refractivity contribution in [3.8, 4) is 0 Å². The van der Waals surface area contributed by atoms with Crippen LogP contribution in [0, 0.1) is 0 Å².